The quantitative estimate of drug-likeness (QED) is 0.733. The van der Waals surface area contributed by atoms with Gasteiger partial charge in [-0.2, -0.15) is 0 Å². The van der Waals surface area contributed by atoms with Crippen molar-refractivity contribution >= 4 is 11.7 Å². The highest BCUT2D eigenvalue weighted by atomic mass is 16.5. The highest BCUT2D eigenvalue weighted by Gasteiger charge is 2.19. The number of aromatic nitrogens is 1. The SMILES string of the molecule is CCOC(=O)c1[nH]ccc1NCC(C)(C)OCC. The van der Waals surface area contributed by atoms with Gasteiger partial charge >= 0.3 is 5.97 Å². The van der Waals surface area contributed by atoms with Gasteiger partial charge in [-0.3, -0.25) is 0 Å². The number of hydrogen-bond acceptors (Lipinski definition) is 4. The summed E-state index contributed by atoms with van der Waals surface area (Å²) in [7, 11) is 0. The van der Waals surface area contributed by atoms with Crippen LogP contribution >= 0.6 is 0 Å². The molecule has 0 atom stereocenters. The Morgan fingerprint density at radius 1 is 1.39 bits per heavy atom. The summed E-state index contributed by atoms with van der Waals surface area (Å²) in [4.78, 5) is 14.5. The van der Waals surface area contributed by atoms with Crippen LogP contribution < -0.4 is 5.32 Å². The molecule has 2 N–H and O–H groups in total. The third-order valence-electron chi connectivity index (χ3n) is 2.47. The van der Waals surface area contributed by atoms with Gasteiger partial charge in [0.1, 0.15) is 5.69 Å². The van der Waals surface area contributed by atoms with E-state index in [0.717, 1.165) is 5.69 Å². The molecule has 0 aliphatic rings. The van der Waals surface area contributed by atoms with E-state index in [2.05, 4.69) is 10.3 Å². The van der Waals surface area contributed by atoms with Gasteiger partial charge in [0.05, 0.1) is 17.9 Å². The van der Waals surface area contributed by atoms with Crippen molar-refractivity contribution in [2.75, 3.05) is 25.1 Å². The zero-order valence-corrected chi connectivity index (χ0v) is 11.5. The first-order valence-electron chi connectivity index (χ1n) is 6.22. The van der Waals surface area contributed by atoms with Gasteiger partial charge in [0.15, 0.2) is 0 Å². The van der Waals surface area contributed by atoms with E-state index in [9.17, 15) is 4.79 Å². The van der Waals surface area contributed by atoms with Crippen LogP contribution in [0.15, 0.2) is 12.3 Å². The highest BCUT2D eigenvalue weighted by Crippen LogP contribution is 2.17. The molecule has 0 fully saturated rings. The Morgan fingerprint density at radius 2 is 2.11 bits per heavy atom. The second-order valence-electron chi connectivity index (χ2n) is 4.53. The van der Waals surface area contributed by atoms with Gasteiger partial charge in [0.25, 0.3) is 0 Å². The lowest BCUT2D eigenvalue weighted by Crippen LogP contribution is -2.33. The van der Waals surface area contributed by atoms with Crippen LogP contribution in [0.3, 0.4) is 0 Å². The summed E-state index contributed by atoms with van der Waals surface area (Å²) >= 11 is 0. The fourth-order valence-electron chi connectivity index (χ4n) is 1.64. The number of carbonyl (C=O) groups is 1. The van der Waals surface area contributed by atoms with Gasteiger partial charge in [-0.25, -0.2) is 4.79 Å². The van der Waals surface area contributed by atoms with Crippen LogP contribution in [0.2, 0.25) is 0 Å². The first-order valence-corrected chi connectivity index (χ1v) is 6.22. The van der Waals surface area contributed by atoms with Crippen molar-refractivity contribution in [3.05, 3.63) is 18.0 Å². The van der Waals surface area contributed by atoms with Crippen LogP contribution in [-0.2, 0) is 9.47 Å². The number of ether oxygens (including phenoxy) is 2. The standard InChI is InChI=1S/C13H22N2O3/c1-5-17-12(16)11-10(7-8-14-11)15-9-13(3,4)18-6-2/h7-8,14-15H,5-6,9H2,1-4H3. The van der Waals surface area contributed by atoms with Gasteiger partial charge in [-0.05, 0) is 33.8 Å². The van der Waals surface area contributed by atoms with Crippen LogP contribution in [0.5, 0.6) is 0 Å². The third kappa shape index (κ3) is 4.07. The Morgan fingerprint density at radius 3 is 2.72 bits per heavy atom. The molecule has 1 aromatic rings. The van der Waals surface area contributed by atoms with Crippen LogP contribution in [0.25, 0.3) is 0 Å². The fourth-order valence-corrected chi connectivity index (χ4v) is 1.64. The Hall–Kier alpha value is -1.49. The van der Waals surface area contributed by atoms with Crippen LogP contribution in [0, 0.1) is 0 Å². The predicted molar refractivity (Wildman–Crippen MR) is 70.9 cm³/mol. The molecule has 0 aliphatic carbocycles. The number of anilines is 1. The Kier molecular flexibility index (Phi) is 5.22. The molecule has 1 heterocycles. The van der Waals surface area contributed by atoms with Crippen LogP contribution in [0.4, 0.5) is 5.69 Å². The maximum atomic E-state index is 11.7. The monoisotopic (exact) mass is 254 g/mol. The maximum absolute atomic E-state index is 11.7. The molecule has 0 aliphatic heterocycles. The minimum atomic E-state index is -0.348. The number of aromatic amines is 1. The van der Waals surface area contributed by atoms with E-state index < -0.39 is 0 Å². The Labute approximate surface area is 108 Å². The van der Waals surface area contributed by atoms with Gasteiger partial charge in [0, 0.05) is 19.3 Å². The zero-order valence-electron chi connectivity index (χ0n) is 11.5. The molecule has 18 heavy (non-hydrogen) atoms. The number of rotatable bonds is 7. The minimum Gasteiger partial charge on any atom is -0.461 e. The minimum absolute atomic E-state index is 0.280. The highest BCUT2D eigenvalue weighted by molar-refractivity contribution is 5.93. The number of nitrogens with one attached hydrogen (secondary N) is 2. The predicted octanol–water partition coefficient (Wildman–Crippen LogP) is 2.42. The molecule has 5 nitrogen and oxygen atoms in total. The molecule has 1 aromatic heterocycles. The second-order valence-corrected chi connectivity index (χ2v) is 4.53. The van der Waals surface area contributed by atoms with Gasteiger partial charge < -0.3 is 19.8 Å². The lowest BCUT2D eigenvalue weighted by molar-refractivity contribution is 0.000647. The summed E-state index contributed by atoms with van der Waals surface area (Å²) in [5.41, 5.74) is 0.906. The van der Waals surface area contributed by atoms with Crippen molar-refractivity contribution in [1.82, 2.24) is 4.98 Å². The third-order valence-corrected chi connectivity index (χ3v) is 2.47. The molecule has 0 spiro atoms. The molecule has 0 saturated heterocycles. The van der Waals surface area contributed by atoms with E-state index in [1.54, 1.807) is 13.1 Å². The summed E-state index contributed by atoms with van der Waals surface area (Å²) in [6.07, 6.45) is 1.71. The molecular weight excluding hydrogens is 232 g/mol. The van der Waals surface area contributed by atoms with Crippen molar-refractivity contribution in [3.8, 4) is 0 Å². The van der Waals surface area contributed by atoms with Gasteiger partial charge in [-0.1, -0.05) is 0 Å². The zero-order chi connectivity index (χ0) is 13.6. The molecule has 5 heteroatoms. The van der Waals surface area contributed by atoms with Crippen LogP contribution in [0.1, 0.15) is 38.2 Å². The van der Waals surface area contributed by atoms with Crippen molar-refractivity contribution < 1.29 is 14.3 Å². The summed E-state index contributed by atoms with van der Waals surface area (Å²) in [5, 5.41) is 3.20. The van der Waals surface area contributed by atoms with E-state index in [1.165, 1.54) is 0 Å². The van der Waals surface area contributed by atoms with Crippen molar-refractivity contribution in [1.29, 1.82) is 0 Å². The van der Waals surface area contributed by atoms with E-state index in [-0.39, 0.29) is 11.6 Å². The largest absolute Gasteiger partial charge is 0.461 e. The number of carbonyl (C=O) groups excluding carboxylic acids is 1. The van der Waals surface area contributed by atoms with E-state index in [1.807, 2.05) is 26.8 Å². The number of H-pyrrole nitrogens is 1. The number of hydrogen-bond donors (Lipinski definition) is 2. The molecule has 102 valence electrons. The smallest absolute Gasteiger partial charge is 0.356 e. The summed E-state index contributed by atoms with van der Waals surface area (Å²) in [5.74, 6) is -0.348. The average Bonchev–Trinajstić information content (AvgIpc) is 2.75. The summed E-state index contributed by atoms with van der Waals surface area (Å²) in [6.45, 7) is 9.38. The molecule has 0 bridgehead atoms. The first kappa shape index (κ1) is 14.6. The van der Waals surface area contributed by atoms with Gasteiger partial charge in [-0.15, -0.1) is 0 Å². The van der Waals surface area contributed by atoms with E-state index >= 15 is 0 Å². The van der Waals surface area contributed by atoms with Crippen molar-refractivity contribution in [3.63, 3.8) is 0 Å². The van der Waals surface area contributed by atoms with E-state index in [0.29, 0.717) is 25.5 Å². The van der Waals surface area contributed by atoms with Gasteiger partial charge in [0.2, 0.25) is 0 Å². The molecular formula is C13H22N2O3. The Balaban J connectivity index is 2.63. The van der Waals surface area contributed by atoms with Crippen LogP contribution in [-0.4, -0.2) is 36.3 Å². The molecule has 1 rings (SSSR count). The molecule has 0 radical (unpaired) electrons. The average molecular weight is 254 g/mol. The second kappa shape index (κ2) is 6.44. The molecule has 0 unspecified atom stereocenters. The number of esters is 1. The topological polar surface area (TPSA) is 63.4 Å². The molecule has 0 saturated carbocycles. The molecule has 0 aromatic carbocycles. The lowest BCUT2D eigenvalue weighted by atomic mass is 10.1. The summed E-state index contributed by atoms with van der Waals surface area (Å²) in [6, 6.07) is 1.81. The summed E-state index contributed by atoms with van der Waals surface area (Å²) < 4.78 is 10.6. The van der Waals surface area contributed by atoms with E-state index in [4.69, 9.17) is 9.47 Å². The van der Waals surface area contributed by atoms with Crippen molar-refractivity contribution in [2.45, 2.75) is 33.3 Å². The normalized spacial score (nSPS) is 11.3. The molecule has 0 amide bonds. The Bertz CT molecular complexity index is 385. The lowest BCUT2D eigenvalue weighted by Gasteiger charge is -2.25. The first-order chi connectivity index (χ1) is 8.50. The maximum Gasteiger partial charge on any atom is 0.356 e. The van der Waals surface area contributed by atoms with Crippen molar-refractivity contribution in [2.24, 2.45) is 0 Å². The fraction of sp³-hybridized carbons (Fsp3) is 0.615.